The fourth-order valence-electron chi connectivity index (χ4n) is 1.18. The SMILES string of the molecule is Cc1cnc(Br)nc1C(C)(C)C. The van der Waals surface area contributed by atoms with Crippen molar-refractivity contribution < 1.29 is 0 Å². The summed E-state index contributed by atoms with van der Waals surface area (Å²) < 4.78 is 0.665. The first kappa shape index (κ1) is 9.65. The molecule has 66 valence electrons. The Bertz CT molecular complexity index is 289. The van der Waals surface area contributed by atoms with Crippen LogP contribution in [0.5, 0.6) is 0 Å². The van der Waals surface area contributed by atoms with Crippen molar-refractivity contribution in [1.82, 2.24) is 9.97 Å². The Kier molecular flexibility index (Phi) is 2.52. The van der Waals surface area contributed by atoms with Crippen molar-refractivity contribution >= 4 is 15.9 Å². The molecular weight excluding hydrogens is 216 g/mol. The largest absolute Gasteiger partial charge is 0.230 e. The fourth-order valence-corrected chi connectivity index (χ4v) is 1.46. The van der Waals surface area contributed by atoms with Gasteiger partial charge in [0.2, 0.25) is 0 Å². The molecule has 1 rings (SSSR count). The van der Waals surface area contributed by atoms with E-state index < -0.39 is 0 Å². The van der Waals surface area contributed by atoms with Crippen LogP contribution in [-0.2, 0) is 5.41 Å². The van der Waals surface area contributed by atoms with Gasteiger partial charge in [0.05, 0.1) is 5.69 Å². The molecule has 0 aliphatic rings. The molecular formula is C9H13BrN2. The van der Waals surface area contributed by atoms with Gasteiger partial charge in [0.15, 0.2) is 4.73 Å². The van der Waals surface area contributed by atoms with Gasteiger partial charge in [0, 0.05) is 11.6 Å². The van der Waals surface area contributed by atoms with Crippen LogP contribution in [0.2, 0.25) is 0 Å². The Balaban J connectivity index is 3.23. The van der Waals surface area contributed by atoms with Gasteiger partial charge in [-0.25, -0.2) is 9.97 Å². The molecule has 1 heterocycles. The molecule has 0 aliphatic carbocycles. The monoisotopic (exact) mass is 228 g/mol. The maximum Gasteiger partial charge on any atom is 0.196 e. The minimum atomic E-state index is 0.0928. The Morgan fingerprint density at radius 1 is 1.33 bits per heavy atom. The van der Waals surface area contributed by atoms with Gasteiger partial charge in [-0.2, -0.15) is 0 Å². The van der Waals surface area contributed by atoms with Gasteiger partial charge in [-0.05, 0) is 28.4 Å². The molecule has 0 saturated heterocycles. The van der Waals surface area contributed by atoms with Crippen molar-refractivity contribution in [2.45, 2.75) is 33.1 Å². The molecule has 3 heteroatoms. The number of nitrogens with zero attached hydrogens (tertiary/aromatic N) is 2. The van der Waals surface area contributed by atoms with Crippen molar-refractivity contribution in [2.24, 2.45) is 0 Å². The number of hydrogen-bond acceptors (Lipinski definition) is 2. The van der Waals surface area contributed by atoms with E-state index in [4.69, 9.17) is 0 Å². The number of rotatable bonds is 0. The second kappa shape index (κ2) is 3.13. The second-order valence-corrected chi connectivity index (χ2v) is 4.63. The van der Waals surface area contributed by atoms with Crippen molar-refractivity contribution in [1.29, 1.82) is 0 Å². The normalized spacial score (nSPS) is 11.8. The predicted molar refractivity (Wildman–Crippen MR) is 53.2 cm³/mol. The van der Waals surface area contributed by atoms with Gasteiger partial charge in [-0.1, -0.05) is 20.8 Å². The standard InChI is InChI=1S/C9H13BrN2/c1-6-5-11-8(10)12-7(6)9(2,3)4/h5H,1-4H3. The van der Waals surface area contributed by atoms with E-state index in [1.54, 1.807) is 0 Å². The molecule has 0 aliphatic heterocycles. The van der Waals surface area contributed by atoms with Crippen LogP contribution >= 0.6 is 15.9 Å². The van der Waals surface area contributed by atoms with Crippen LogP contribution in [0.3, 0.4) is 0 Å². The highest BCUT2D eigenvalue weighted by Crippen LogP contribution is 2.23. The number of aryl methyl sites for hydroxylation is 1. The van der Waals surface area contributed by atoms with E-state index in [2.05, 4.69) is 46.7 Å². The molecule has 0 spiro atoms. The lowest BCUT2D eigenvalue weighted by Gasteiger charge is -2.19. The minimum Gasteiger partial charge on any atom is -0.230 e. The molecule has 12 heavy (non-hydrogen) atoms. The molecule has 0 amide bonds. The van der Waals surface area contributed by atoms with E-state index in [0.717, 1.165) is 11.3 Å². The Hall–Kier alpha value is -0.440. The molecule has 0 fully saturated rings. The third-order valence-electron chi connectivity index (χ3n) is 1.65. The van der Waals surface area contributed by atoms with Gasteiger partial charge >= 0.3 is 0 Å². The highest BCUT2D eigenvalue weighted by atomic mass is 79.9. The van der Waals surface area contributed by atoms with Gasteiger partial charge < -0.3 is 0 Å². The molecule has 0 bridgehead atoms. The third-order valence-corrected chi connectivity index (χ3v) is 2.03. The third kappa shape index (κ3) is 2.03. The molecule has 0 atom stereocenters. The molecule has 1 aromatic rings. The van der Waals surface area contributed by atoms with E-state index >= 15 is 0 Å². The van der Waals surface area contributed by atoms with Gasteiger partial charge in [0.25, 0.3) is 0 Å². The van der Waals surface area contributed by atoms with Crippen molar-refractivity contribution in [2.75, 3.05) is 0 Å². The summed E-state index contributed by atoms with van der Waals surface area (Å²) in [5.41, 5.74) is 2.34. The van der Waals surface area contributed by atoms with Crippen molar-refractivity contribution in [3.63, 3.8) is 0 Å². The first-order valence-electron chi connectivity index (χ1n) is 3.91. The van der Waals surface area contributed by atoms with Gasteiger partial charge in [0.1, 0.15) is 0 Å². The first-order chi connectivity index (χ1) is 5.41. The maximum absolute atomic E-state index is 4.35. The Morgan fingerprint density at radius 2 is 1.92 bits per heavy atom. The quantitative estimate of drug-likeness (QED) is 0.639. The average Bonchev–Trinajstić information content (AvgIpc) is 1.92. The summed E-state index contributed by atoms with van der Waals surface area (Å²) in [4.78, 5) is 8.41. The van der Waals surface area contributed by atoms with Crippen LogP contribution < -0.4 is 0 Å². The van der Waals surface area contributed by atoms with Gasteiger partial charge in [-0.3, -0.25) is 0 Å². The number of aromatic nitrogens is 2. The predicted octanol–water partition coefficient (Wildman–Crippen LogP) is 2.85. The minimum absolute atomic E-state index is 0.0928. The van der Waals surface area contributed by atoms with Crippen molar-refractivity contribution in [3.05, 3.63) is 22.2 Å². The summed E-state index contributed by atoms with van der Waals surface area (Å²) in [5, 5.41) is 0. The zero-order valence-electron chi connectivity index (χ0n) is 7.85. The van der Waals surface area contributed by atoms with Crippen LogP contribution in [0.4, 0.5) is 0 Å². The lowest BCUT2D eigenvalue weighted by atomic mass is 9.89. The zero-order valence-corrected chi connectivity index (χ0v) is 9.44. The molecule has 0 saturated carbocycles. The summed E-state index contributed by atoms with van der Waals surface area (Å²) in [5.74, 6) is 0. The highest BCUT2D eigenvalue weighted by molar-refractivity contribution is 9.10. The van der Waals surface area contributed by atoms with E-state index in [1.165, 1.54) is 0 Å². The van der Waals surface area contributed by atoms with E-state index in [-0.39, 0.29) is 5.41 Å². The summed E-state index contributed by atoms with van der Waals surface area (Å²) in [7, 11) is 0. The second-order valence-electron chi connectivity index (χ2n) is 3.92. The van der Waals surface area contributed by atoms with Crippen LogP contribution in [-0.4, -0.2) is 9.97 Å². The van der Waals surface area contributed by atoms with Crippen LogP contribution in [0, 0.1) is 6.92 Å². The molecule has 0 N–H and O–H groups in total. The average molecular weight is 229 g/mol. The molecule has 2 nitrogen and oxygen atoms in total. The molecule has 1 aromatic heterocycles. The zero-order chi connectivity index (χ0) is 9.35. The summed E-state index contributed by atoms with van der Waals surface area (Å²) in [6.45, 7) is 8.48. The summed E-state index contributed by atoms with van der Waals surface area (Å²) >= 11 is 3.27. The summed E-state index contributed by atoms with van der Waals surface area (Å²) in [6.07, 6.45) is 1.84. The number of hydrogen-bond donors (Lipinski definition) is 0. The van der Waals surface area contributed by atoms with E-state index in [0.29, 0.717) is 4.73 Å². The molecule has 0 aromatic carbocycles. The fraction of sp³-hybridized carbons (Fsp3) is 0.556. The van der Waals surface area contributed by atoms with Gasteiger partial charge in [-0.15, -0.1) is 0 Å². The topological polar surface area (TPSA) is 25.8 Å². The van der Waals surface area contributed by atoms with Crippen LogP contribution in [0.1, 0.15) is 32.0 Å². The first-order valence-corrected chi connectivity index (χ1v) is 4.70. The smallest absolute Gasteiger partial charge is 0.196 e. The summed E-state index contributed by atoms with van der Waals surface area (Å²) in [6, 6.07) is 0. The lowest BCUT2D eigenvalue weighted by molar-refractivity contribution is 0.560. The van der Waals surface area contributed by atoms with Crippen molar-refractivity contribution in [3.8, 4) is 0 Å². The lowest BCUT2D eigenvalue weighted by Crippen LogP contribution is -2.16. The molecule has 0 unspecified atom stereocenters. The highest BCUT2D eigenvalue weighted by Gasteiger charge is 2.18. The van der Waals surface area contributed by atoms with Crippen LogP contribution in [0.15, 0.2) is 10.9 Å². The Morgan fingerprint density at radius 3 is 2.33 bits per heavy atom. The van der Waals surface area contributed by atoms with Crippen LogP contribution in [0.25, 0.3) is 0 Å². The maximum atomic E-state index is 4.35. The van der Waals surface area contributed by atoms with E-state index in [1.807, 2.05) is 13.1 Å². The van der Waals surface area contributed by atoms with E-state index in [9.17, 15) is 0 Å². The Labute approximate surface area is 81.6 Å². The number of halogens is 1. The molecule has 0 radical (unpaired) electrons.